The average Bonchev–Trinajstić information content (AvgIpc) is 2.96. The zero-order valence-corrected chi connectivity index (χ0v) is 23.1. The van der Waals surface area contributed by atoms with Crippen LogP contribution in [-0.4, -0.2) is 68.7 Å². The normalized spacial score (nSPS) is 17.2. The molecule has 1 aromatic heterocycles. The number of halogens is 3. The number of benzene rings is 2. The van der Waals surface area contributed by atoms with Crippen LogP contribution in [0.3, 0.4) is 0 Å². The van der Waals surface area contributed by atoms with Gasteiger partial charge < -0.3 is 25.6 Å². The third kappa shape index (κ3) is 5.88. The SMILES string of the molecule is CCS(=O)(=O)N1CCN2c3ccc(Nc4cc(Nc5ccccc5C(=O)NC)c(C(F)(F)F)cn4)cc3OCC2C1. The molecule has 14 heteroatoms. The number of ether oxygens (including phenoxy) is 1. The smallest absolute Gasteiger partial charge is 0.419 e. The highest BCUT2D eigenvalue weighted by atomic mass is 32.2. The van der Waals surface area contributed by atoms with Crippen LogP contribution in [0.15, 0.2) is 54.7 Å². The third-order valence-electron chi connectivity index (χ3n) is 7.05. The molecule has 0 saturated carbocycles. The van der Waals surface area contributed by atoms with E-state index in [1.54, 1.807) is 31.2 Å². The molecule has 0 bridgehead atoms. The van der Waals surface area contributed by atoms with E-state index in [9.17, 15) is 26.4 Å². The van der Waals surface area contributed by atoms with E-state index in [0.29, 0.717) is 37.7 Å². The van der Waals surface area contributed by atoms with Gasteiger partial charge in [-0.1, -0.05) is 12.1 Å². The number of alkyl halides is 3. The number of nitrogens with one attached hydrogen (secondary N) is 3. The predicted molar refractivity (Wildman–Crippen MR) is 150 cm³/mol. The summed E-state index contributed by atoms with van der Waals surface area (Å²) >= 11 is 0. The highest BCUT2D eigenvalue weighted by Crippen LogP contribution is 2.40. The van der Waals surface area contributed by atoms with Gasteiger partial charge in [-0.25, -0.2) is 13.4 Å². The quantitative estimate of drug-likeness (QED) is 0.376. The lowest BCUT2D eigenvalue weighted by molar-refractivity contribution is -0.137. The highest BCUT2D eigenvalue weighted by Gasteiger charge is 2.37. The van der Waals surface area contributed by atoms with Crippen molar-refractivity contribution in [2.24, 2.45) is 0 Å². The van der Waals surface area contributed by atoms with Gasteiger partial charge in [-0.05, 0) is 31.2 Å². The molecule has 1 saturated heterocycles. The van der Waals surface area contributed by atoms with Gasteiger partial charge in [0.15, 0.2) is 0 Å². The Kier molecular flexibility index (Phi) is 7.70. The number of aromatic nitrogens is 1. The van der Waals surface area contributed by atoms with Crippen molar-refractivity contribution in [2.45, 2.75) is 19.1 Å². The molecule has 218 valence electrons. The van der Waals surface area contributed by atoms with Crippen molar-refractivity contribution in [2.75, 3.05) is 54.6 Å². The molecular formula is C27H29F3N6O4S. The highest BCUT2D eigenvalue weighted by molar-refractivity contribution is 7.89. The molecule has 0 spiro atoms. The minimum atomic E-state index is -4.69. The Bertz CT molecular complexity index is 1570. The van der Waals surface area contributed by atoms with Crippen LogP contribution in [0.4, 0.5) is 41.7 Å². The van der Waals surface area contributed by atoms with E-state index in [0.717, 1.165) is 11.9 Å². The van der Waals surface area contributed by atoms with Crippen LogP contribution in [-0.2, 0) is 16.2 Å². The van der Waals surface area contributed by atoms with Gasteiger partial charge >= 0.3 is 6.18 Å². The standard InChI is InChI=1S/C27H29F3N6O4S/c1-3-41(38,39)35-10-11-36-18(15-35)16-40-24-12-17(8-9-23(24)36)33-25-13-22(20(14-32-25)27(28,29)30)34-21-7-5-4-6-19(21)26(37)31-2/h4-9,12-14,18H,3,10-11,15-16H2,1-2H3,(H,31,37)(H2,32,33,34). The first kappa shape index (κ1) is 28.5. The van der Waals surface area contributed by atoms with Crippen LogP contribution in [0, 0.1) is 0 Å². The Morgan fingerprint density at radius 2 is 1.88 bits per heavy atom. The van der Waals surface area contributed by atoms with Gasteiger partial charge in [0.2, 0.25) is 10.0 Å². The summed E-state index contributed by atoms with van der Waals surface area (Å²) in [5, 5.41) is 8.26. The molecule has 3 heterocycles. The maximum absolute atomic E-state index is 13.8. The first-order chi connectivity index (χ1) is 19.5. The molecule has 1 fully saturated rings. The van der Waals surface area contributed by atoms with Crippen LogP contribution in [0.1, 0.15) is 22.8 Å². The lowest BCUT2D eigenvalue weighted by Crippen LogP contribution is -2.58. The van der Waals surface area contributed by atoms with E-state index in [1.807, 2.05) is 6.07 Å². The lowest BCUT2D eigenvalue weighted by atomic mass is 10.1. The van der Waals surface area contributed by atoms with Crippen molar-refractivity contribution >= 4 is 44.5 Å². The molecule has 1 atom stereocenters. The Hall–Kier alpha value is -4.04. The molecule has 5 rings (SSSR count). The fraction of sp³-hybridized carbons (Fsp3) is 0.333. The van der Waals surface area contributed by atoms with Gasteiger partial charge in [-0.15, -0.1) is 0 Å². The van der Waals surface area contributed by atoms with Gasteiger partial charge in [0, 0.05) is 50.7 Å². The van der Waals surface area contributed by atoms with Crippen LogP contribution >= 0.6 is 0 Å². The molecule has 2 aliphatic rings. The average molecular weight is 591 g/mol. The second kappa shape index (κ2) is 11.1. The summed E-state index contributed by atoms with van der Waals surface area (Å²) in [7, 11) is -1.86. The number of hydrogen-bond donors (Lipinski definition) is 3. The number of fused-ring (bicyclic) bond motifs is 3. The zero-order valence-electron chi connectivity index (χ0n) is 22.3. The molecule has 1 unspecified atom stereocenters. The second-order valence-electron chi connectivity index (χ2n) is 9.59. The van der Waals surface area contributed by atoms with Crippen LogP contribution in [0.5, 0.6) is 5.75 Å². The monoisotopic (exact) mass is 590 g/mol. The van der Waals surface area contributed by atoms with Gasteiger partial charge in [0.1, 0.15) is 18.2 Å². The number of anilines is 5. The number of piperazine rings is 1. The van der Waals surface area contributed by atoms with E-state index in [4.69, 9.17) is 4.74 Å². The molecule has 3 aromatic rings. The maximum Gasteiger partial charge on any atom is 0.419 e. The maximum atomic E-state index is 13.8. The van der Waals surface area contributed by atoms with Crippen LogP contribution in [0.2, 0.25) is 0 Å². The molecule has 10 nitrogen and oxygen atoms in total. The van der Waals surface area contributed by atoms with Gasteiger partial charge in [-0.3, -0.25) is 4.79 Å². The fourth-order valence-electron chi connectivity index (χ4n) is 4.92. The summed E-state index contributed by atoms with van der Waals surface area (Å²) in [5.74, 6) is 0.314. The van der Waals surface area contributed by atoms with Gasteiger partial charge in [0.05, 0.1) is 40.0 Å². The number of carbonyl (C=O) groups excluding carboxylic acids is 1. The number of amides is 1. The van der Waals surface area contributed by atoms with E-state index in [-0.39, 0.29) is 34.6 Å². The second-order valence-corrected chi connectivity index (χ2v) is 11.8. The first-order valence-electron chi connectivity index (χ1n) is 12.9. The molecular weight excluding hydrogens is 561 g/mol. The summed E-state index contributed by atoms with van der Waals surface area (Å²) < 4.78 is 73.6. The summed E-state index contributed by atoms with van der Waals surface area (Å²) in [6.45, 7) is 3.14. The summed E-state index contributed by atoms with van der Waals surface area (Å²) in [4.78, 5) is 18.3. The molecule has 41 heavy (non-hydrogen) atoms. The Morgan fingerprint density at radius 1 is 1.10 bits per heavy atom. The molecule has 0 aliphatic carbocycles. The molecule has 1 amide bonds. The van der Waals surface area contributed by atoms with Crippen molar-refractivity contribution < 1.29 is 31.1 Å². The molecule has 3 N–H and O–H groups in total. The van der Waals surface area contributed by atoms with Crippen LogP contribution < -0.4 is 25.6 Å². The number of carbonyl (C=O) groups is 1. The number of pyridine rings is 1. The summed E-state index contributed by atoms with van der Waals surface area (Å²) in [5.41, 5.74) is 0.486. The summed E-state index contributed by atoms with van der Waals surface area (Å²) in [6.07, 6.45) is -3.96. The fourth-order valence-corrected chi connectivity index (χ4v) is 6.05. The minimum Gasteiger partial charge on any atom is -0.489 e. The van der Waals surface area contributed by atoms with Gasteiger partial charge in [-0.2, -0.15) is 17.5 Å². The van der Waals surface area contributed by atoms with Crippen molar-refractivity contribution in [1.82, 2.24) is 14.6 Å². The van der Waals surface area contributed by atoms with Crippen molar-refractivity contribution in [3.05, 3.63) is 65.9 Å². The molecule has 0 radical (unpaired) electrons. The van der Waals surface area contributed by atoms with Crippen molar-refractivity contribution in [3.63, 3.8) is 0 Å². The van der Waals surface area contributed by atoms with E-state index in [1.165, 1.54) is 29.6 Å². The Morgan fingerprint density at radius 3 is 2.61 bits per heavy atom. The van der Waals surface area contributed by atoms with Crippen LogP contribution in [0.25, 0.3) is 0 Å². The van der Waals surface area contributed by atoms with E-state index < -0.39 is 27.7 Å². The first-order valence-corrected chi connectivity index (χ1v) is 14.5. The Labute approximate surface area is 235 Å². The molecule has 2 aromatic carbocycles. The number of sulfonamides is 1. The number of hydrogen-bond acceptors (Lipinski definition) is 8. The summed E-state index contributed by atoms with van der Waals surface area (Å²) in [6, 6.07) is 12.7. The van der Waals surface area contributed by atoms with Gasteiger partial charge in [0.25, 0.3) is 5.91 Å². The van der Waals surface area contributed by atoms with E-state index >= 15 is 0 Å². The lowest BCUT2D eigenvalue weighted by Gasteiger charge is -2.45. The largest absolute Gasteiger partial charge is 0.489 e. The zero-order chi connectivity index (χ0) is 29.4. The number of rotatable bonds is 7. The third-order valence-corrected chi connectivity index (χ3v) is 8.90. The number of nitrogens with zero attached hydrogens (tertiary/aromatic N) is 3. The number of para-hydroxylation sites is 1. The minimum absolute atomic E-state index is 0.0436. The molecule has 2 aliphatic heterocycles. The topological polar surface area (TPSA) is 116 Å². The predicted octanol–water partition coefficient (Wildman–Crippen LogP) is 4.18. The Balaban J connectivity index is 1.38. The van der Waals surface area contributed by atoms with Crippen molar-refractivity contribution in [1.29, 1.82) is 0 Å². The van der Waals surface area contributed by atoms with E-state index in [2.05, 4.69) is 25.8 Å². The van der Waals surface area contributed by atoms with Crippen molar-refractivity contribution in [3.8, 4) is 5.75 Å².